The van der Waals surface area contributed by atoms with Crippen molar-refractivity contribution in [2.75, 3.05) is 10.8 Å². The number of nitrogens with one attached hydrogen (secondary N) is 1. The highest BCUT2D eigenvalue weighted by Crippen LogP contribution is 2.28. The smallest absolute Gasteiger partial charge is 0.271 e. The van der Waals surface area contributed by atoms with E-state index in [1.54, 1.807) is 6.07 Å². The predicted octanol–water partition coefficient (Wildman–Crippen LogP) is 5.48. The summed E-state index contributed by atoms with van der Waals surface area (Å²) in [4.78, 5) is 40.3. The Morgan fingerprint density at radius 3 is 2.13 bits per heavy atom. The van der Waals surface area contributed by atoms with Crippen LogP contribution < -0.4 is 9.62 Å². The van der Waals surface area contributed by atoms with Gasteiger partial charge in [-0.15, -0.1) is 0 Å². The molecule has 240 valence electrons. The zero-order valence-corrected chi connectivity index (χ0v) is 26.3. The summed E-state index contributed by atoms with van der Waals surface area (Å²) in [5.74, 6) is -1.67. The van der Waals surface area contributed by atoms with Crippen molar-refractivity contribution < 1.29 is 27.3 Å². The lowest BCUT2D eigenvalue weighted by Crippen LogP contribution is -2.54. The number of nitrogens with zero attached hydrogens (tertiary/aromatic N) is 3. The van der Waals surface area contributed by atoms with Crippen molar-refractivity contribution in [3.8, 4) is 0 Å². The van der Waals surface area contributed by atoms with Gasteiger partial charge in [-0.1, -0.05) is 73.7 Å². The average Bonchev–Trinajstić information content (AvgIpc) is 3.06. The first-order chi connectivity index (χ1) is 22.0. The van der Waals surface area contributed by atoms with E-state index >= 15 is 0 Å². The van der Waals surface area contributed by atoms with E-state index in [0.717, 1.165) is 15.9 Å². The van der Waals surface area contributed by atoms with Crippen LogP contribution in [-0.2, 0) is 32.6 Å². The van der Waals surface area contributed by atoms with Gasteiger partial charge in [-0.05, 0) is 54.8 Å². The van der Waals surface area contributed by atoms with Crippen molar-refractivity contribution in [2.45, 2.75) is 50.2 Å². The van der Waals surface area contributed by atoms with Crippen molar-refractivity contribution in [3.63, 3.8) is 0 Å². The minimum Gasteiger partial charge on any atom is -0.352 e. The van der Waals surface area contributed by atoms with E-state index in [-0.39, 0.29) is 35.3 Å². The molecule has 0 saturated heterocycles. The van der Waals surface area contributed by atoms with Crippen LogP contribution in [-0.4, -0.2) is 48.7 Å². The quantitative estimate of drug-likeness (QED) is 0.143. The summed E-state index contributed by atoms with van der Waals surface area (Å²) in [6, 6.07) is 25.6. The zero-order chi connectivity index (χ0) is 33.3. The third-order valence-electron chi connectivity index (χ3n) is 7.48. The van der Waals surface area contributed by atoms with Crippen LogP contribution >= 0.6 is 0 Å². The number of amides is 2. The Labute approximate surface area is 267 Å². The number of hydrogen-bond donors (Lipinski definition) is 1. The third-order valence-corrected chi connectivity index (χ3v) is 9.26. The number of carbonyl (C=O) groups is 2. The second-order valence-electron chi connectivity index (χ2n) is 10.8. The maximum Gasteiger partial charge on any atom is 0.271 e. The number of nitro groups is 1. The number of benzene rings is 4. The molecule has 4 aromatic rings. The largest absolute Gasteiger partial charge is 0.352 e. The molecule has 2 amide bonds. The van der Waals surface area contributed by atoms with Crippen LogP contribution in [0.3, 0.4) is 0 Å². The van der Waals surface area contributed by atoms with Crippen molar-refractivity contribution in [2.24, 2.45) is 0 Å². The Bertz CT molecular complexity index is 1760. The summed E-state index contributed by atoms with van der Waals surface area (Å²) < 4.78 is 42.6. The fourth-order valence-electron chi connectivity index (χ4n) is 4.79. The molecule has 0 bridgehead atoms. The van der Waals surface area contributed by atoms with Gasteiger partial charge >= 0.3 is 0 Å². The summed E-state index contributed by atoms with van der Waals surface area (Å²) in [5.41, 5.74) is 0.807. The molecule has 0 saturated carbocycles. The molecule has 4 aromatic carbocycles. The van der Waals surface area contributed by atoms with Crippen LogP contribution in [0.15, 0.2) is 114 Å². The number of nitro benzene ring substituents is 1. The first kappa shape index (κ1) is 33.8. The Hall–Kier alpha value is -5.10. The molecule has 1 N–H and O–H groups in total. The summed E-state index contributed by atoms with van der Waals surface area (Å²) in [6.07, 6.45) is 0.740. The molecular weight excluding hydrogens is 611 g/mol. The number of sulfonamides is 1. The van der Waals surface area contributed by atoms with Gasteiger partial charge in [0, 0.05) is 31.1 Å². The molecule has 0 aliphatic rings. The fourth-order valence-corrected chi connectivity index (χ4v) is 6.22. The van der Waals surface area contributed by atoms with Gasteiger partial charge in [-0.2, -0.15) is 0 Å². The molecule has 46 heavy (non-hydrogen) atoms. The minimum atomic E-state index is -4.42. The van der Waals surface area contributed by atoms with Crippen LogP contribution in [0.2, 0.25) is 0 Å². The predicted molar refractivity (Wildman–Crippen MR) is 173 cm³/mol. The lowest BCUT2D eigenvalue weighted by atomic mass is 10.0. The molecule has 0 fully saturated rings. The van der Waals surface area contributed by atoms with Crippen LogP contribution in [0, 0.1) is 15.9 Å². The van der Waals surface area contributed by atoms with Gasteiger partial charge in [0.1, 0.15) is 18.4 Å². The average molecular weight is 647 g/mol. The Morgan fingerprint density at radius 2 is 1.52 bits per heavy atom. The Balaban J connectivity index is 1.83. The molecule has 0 radical (unpaired) electrons. The fraction of sp³-hybridized carbons (Fsp3) is 0.235. The van der Waals surface area contributed by atoms with Crippen LogP contribution in [0.5, 0.6) is 0 Å². The molecule has 0 aliphatic heterocycles. The van der Waals surface area contributed by atoms with E-state index in [9.17, 15) is 32.5 Å². The van der Waals surface area contributed by atoms with E-state index in [0.29, 0.717) is 12.0 Å². The molecule has 0 unspecified atom stereocenters. The number of anilines is 1. The molecule has 10 nitrogen and oxygen atoms in total. The molecule has 12 heteroatoms. The molecule has 4 rings (SSSR count). The molecule has 0 heterocycles. The summed E-state index contributed by atoms with van der Waals surface area (Å²) in [6.45, 7) is 2.82. The first-order valence-corrected chi connectivity index (χ1v) is 16.1. The minimum absolute atomic E-state index is 0.100. The van der Waals surface area contributed by atoms with Gasteiger partial charge in [-0.3, -0.25) is 24.0 Å². The molecular formula is C34H35FN4O6S. The highest BCUT2D eigenvalue weighted by molar-refractivity contribution is 7.92. The summed E-state index contributed by atoms with van der Waals surface area (Å²) in [5, 5.41) is 14.5. The van der Waals surface area contributed by atoms with E-state index in [4.69, 9.17) is 0 Å². The highest BCUT2D eigenvalue weighted by atomic mass is 32.2. The highest BCUT2D eigenvalue weighted by Gasteiger charge is 2.35. The van der Waals surface area contributed by atoms with E-state index in [1.165, 1.54) is 71.6 Å². The van der Waals surface area contributed by atoms with Gasteiger partial charge in [0.05, 0.1) is 15.5 Å². The van der Waals surface area contributed by atoms with Crippen LogP contribution in [0.25, 0.3) is 0 Å². The molecule has 0 aliphatic carbocycles. The second-order valence-corrected chi connectivity index (χ2v) is 12.6. The Kier molecular flexibility index (Phi) is 11.2. The van der Waals surface area contributed by atoms with E-state index in [1.807, 2.05) is 44.2 Å². The van der Waals surface area contributed by atoms with Gasteiger partial charge < -0.3 is 10.2 Å². The zero-order valence-electron chi connectivity index (χ0n) is 25.5. The number of halogens is 1. The lowest BCUT2D eigenvalue weighted by Gasteiger charge is -2.34. The molecule has 0 spiro atoms. The SMILES string of the molecule is CC[C@H](C)NC(=O)[C@@H](Cc1ccccc1)N(Cc1ccc(F)cc1)C(=O)CN(c1cccc([N+](=O)[O-])c1)S(=O)(=O)c1ccccc1. The van der Waals surface area contributed by atoms with Crippen LogP contribution in [0.4, 0.5) is 15.8 Å². The monoisotopic (exact) mass is 646 g/mol. The number of non-ortho nitro benzene ring substituents is 1. The van der Waals surface area contributed by atoms with Crippen molar-refractivity contribution in [1.82, 2.24) is 10.2 Å². The maximum absolute atomic E-state index is 14.4. The van der Waals surface area contributed by atoms with Gasteiger partial charge in [-0.25, -0.2) is 12.8 Å². The lowest BCUT2D eigenvalue weighted by molar-refractivity contribution is -0.384. The Morgan fingerprint density at radius 1 is 0.891 bits per heavy atom. The van der Waals surface area contributed by atoms with E-state index in [2.05, 4.69) is 5.32 Å². The standard InChI is InChI=1S/C34H35FN4O6S/c1-3-25(2)36-34(41)32(21-26-11-6-4-7-12-26)37(23-27-17-19-28(35)20-18-27)33(40)24-38(29-13-10-14-30(22-29)39(42)43)46(44,45)31-15-8-5-9-16-31/h4-20,22,25,32H,3,21,23-24H2,1-2H3,(H,36,41)/t25-,32+/m0/s1. The van der Waals surface area contributed by atoms with Gasteiger partial charge in [0.2, 0.25) is 11.8 Å². The maximum atomic E-state index is 14.4. The van der Waals surface area contributed by atoms with Crippen LogP contribution in [0.1, 0.15) is 31.4 Å². The van der Waals surface area contributed by atoms with Gasteiger partial charge in [0.15, 0.2) is 0 Å². The first-order valence-electron chi connectivity index (χ1n) is 14.7. The van der Waals surface area contributed by atoms with E-state index < -0.39 is 45.2 Å². The van der Waals surface area contributed by atoms with Crippen molar-refractivity contribution in [1.29, 1.82) is 0 Å². The summed E-state index contributed by atoms with van der Waals surface area (Å²) >= 11 is 0. The van der Waals surface area contributed by atoms with Crippen molar-refractivity contribution in [3.05, 3.63) is 136 Å². The second kappa shape index (κ2) is 15.3. The third kappa shape index (κ3) is 8.54. The normalized spacial score (nSPS) is 12.5. The number of rotatable bonds is 14. The van der Waals surface area contributed by atoms with Gasteiger partial charge in [0.25, 0.3) is 15.7 Å². The number of carbonyl (C=O) groups excluding carboxylic acids is 2. The molecule has 2 atom stereocenters. The number of hydrogen-bond acceptors (Lipinski definition) is 6. The van der Waals surface area contributed by atoms with Crippen molar-refractivity contribution >= 4 is 33.2 Å². The molecule has 0 aromatic heterocycles. The summed E-state index contributed by atoms with van der Waals surface area (Å²) in [7, 11) is -4.42. The topological polar surface area (TPSA) is 130 Å².